The fourth-order valence-corrected chi connectivity index (χ4v) is 2.99. The van der Waals surface area contributed by atoms with Gasteiger partial charge in [-0.25, -0.2) is 0 Å². The van der Waals surface area contributed by atoms with Gasteiger partial charge in [0.1, 0.15) is 0 Å². The molecule has 2 rings (SSSR count). The molecule has 0 heterocycles. The SMILES string of the molecule is C=CC(C)NCc1ccc(C2CCC(NC)CC2)cc1. The highest BCUT2D eigenvalue weighted by molar-refractivity contribution is 5.26. The zero-order valence-electron chi connectivity index (χ0n) is 12.9. The Morgan fingerprint density at radius 3 is 2.40 bits per heavy atom. The summed E-state index contributed by atoms with van der Waals surface area (Å²) in [5.41, 5.74) is 2.87. The van der Waals surface area contributed by atoms with E-state index in [4.69, 9.17) is 0 Å². The Kier molecular flexibility index (Phi) is 5.81. The van der Waals surface area contributed by atoms with E-state index in [1.165, 1.54) is 36.8 Å². The second-order valence-corrected chi connectivity index (χ2v) is 5.98. The van der Waals surface area contributed by atoms with Gasteiger partial charge in [-0.15, -0.1) is 6.58 Å². The summed E-state index contributed by atoms with van der Waals surface area (Å²) in [5, 5.41) is 6.84. The van der Waals surface area contributed by atoms with Crippen molar-refractivity contribution in [3.63, 3.8) is 0 Å². The summed E-state index contributed by atoms with van der Waals surface area (Å²) >= 11 is 0. The van der Waals surface area contributed by atoms with Gasteiger partial charge in [0.05, 0.1) is 0 Å². The predicted molar refractivity (Wildman–Crippen MR) is 87.0 cm³/mol. The van der Waals surface area contributed by atoms with Crippen molar-refractivity contribution >= 4 is 0 Å². The number of hydrogen-bond donors (Lipinski definition) is 2. The van der Waals surface area contributed by atoms with Crippen molar-refractivity contribution in [2.75, 3.05) is 7.05 Å². The Bertz CT molecular complexity index is 402. The van der Waals surface area contributed by atoms with Gasteiger partial charge in [0.25, 0.3) is 0 Å². The fraction of sp³-hybridized carbons (Fsp3) is 0.556. The molecule has 110 valence electrons. The average molecular weight is 272 g/mol. The van der Waals surface area contributed by atoms with Crippen LogP contribution in [-0.2, 0) is 6.54 Å². The molecule has 1 aliphatic rings. The van der Waals surface area contributed by atoms with Crippen LogP contribution in [0.5, 0.6) is 0 Å². The third-order valence-electron chi connectivity index (χ3n) is 4.57. The largest absolute Gasteiger partial charge is 0.317 e. The van der Waals surface area contributed by atoms with Crippen LogP contribution in [0.1, 0.15) is 49.7 Å². The van der Waals surface area contributed by atoms with Crippen LogP contribution in [0.15, 0.2) is 36.9 Å². The predicted octanol–water partition coefficient (Wildman–Crippen LogP) is 3.60. The summed E-state index contributed by atoms with van der Waals surface area (Å²) in [7, 11) is 2.08. The lowest BCUT2D eigenvalue weighted by Gasteiger charge is -2.28. The molecule has 1 aromatic rings. The highest BCUT2D eigenvalue weighted by Gasteiger charge is 2.20. The first-order valence-corrected chi connectivity index (χ1v) is 7.85. The molecule has 2 nitrogen and oxygen atoms in total. The molecule has 0 radical (unpaired) electrons. The molecule has 0 saturated heterocycles. The van der Waals surface area contributed by atoms with Gasteiger partial charge < -0.3 is 10.6 Å². The lowest BCUT2D eigenvalue weighted by atomic mass is 9.81. The number of hydrogen-bond acceptors (Lipinski definition) is 2. The maximum absolute atomic E-state index is 3.79. The number of nitrogens with one attached hydrogen (secondary N) is 2. The molecule has 0 aliphatic heterocycles. The third-order valence-corrected chi connectivity index (χ3v) is 4.57. The van der Waals surface area contributed by atoms with E-state index in [0.717, 1.165) is 18.5 Å². The van der Waals surface area contributed by atoms with E-state index in [0.29, 0.717) is 6.04 Å². The number of rotatable bonds is 6. The third kappa shape index (κ3) is 4.19. The molecule has 20 heavy (non-hydrogen) atoms. The van der Waals surface area contributed by atoms with Gasteiger partial charge in [-0.2, -0.15) is 0 Å². The van der Waals surface area contributed by atoms with Crippen LogP contribution in [0.25, 0.3) is 0 Å². The Morgan fingerprint density at radius 2 is 1.85 bits per heavy atom. The zero-order chi connectivity index (χ0) is 14.4. The van der Waals surface area contributed by atoms with E-state index in [-0.39, 0.29) is 0 Å². The Labute approximate surface area is 123 Å². The molecule has 1 unspecified atom stereocenters. The van der Waals surface area contributed by atoms with Crippen molar-refractivity contribution in [3.8, 4) is 0 Å². The summed E-state index contributed by atoms with van der Waals surface area (Å²) in [6.45, 7) is 6.84. The van der Waals surface area contributed by atoms with Gasteiger partial charge in [-0.1, -0.05) is 30.3 Å². The first-order valence-electron chi connectivity index (χ1n) is 7.85. The van der Waals surface area contributed by atoms with E-state index < -0.39 is 0 Å². The monoisotopic (exact) mass is 272 g/mol. The summed E-state index contributed by atoms with van der Waals surface area (Å²) in [6, 6.07) is 10.3. The summed E-state index contributed by atoms with van der Waals surface area (Å²) in [5.74, 6) is 0.758. The van der Waals surface area contributed by atoms with Gasteiger partial charge in [0.15, 0.2) is 0 Å². The molecule has 1 atom stereocenters. The molecule has 1 saturated carbocycles. The van der Waals surface area contributed by atoms with E-state index >= 15 is 0 Å². The summed E-state index contributed by atoms with van der Waals surface area (Å²) in [4.78, 5) is 0. The van der Waals surface area contributed by atoms with Crippen molar-refractivity contribution in [2.45, 2.75) is 57.2 Å². The molecule has 0 spiro atoms. The normalized spacial score (nSPS) is 24.3. The van der Waals surface area contributed by atoms with Crippen molar-refractivity contribution < 1.29 is 0 Å². The quantitative estimate of drug-likeness (QED) is 0.773. The highest BCUT2D eigenvalue weighted by atomic mass is 14.9. The van der Waals surface area contributed by atoms with E-state index in [9.17, 15) is 0 Å². The molecule has 2 N–H and O–H groups in total. The minimum Gasteiger partial charge on any atom is -0.317 e. The molecule has 0 amide bonds. The smallest absolute Gasteiger partial charge is 0.0222 e. The van der Waals surface area contributed by atoms with Crippen molar-refractivity contribution in [2.24, 2.45) is 0 Å². The van der Waals surface area contributed by atoms with Crippen molar-refractivity contribution in [3.05, 3.63) is 48.0 Å². The lowest BCUT2D eigenvalue weighted by Crippen LogP contribution is -2.29. The van der Waals surface area contributed by atoms with Gasteiger partial charge in [-0.3, -0.25) is 0 Å². The standard InChI is InChI=1S/C18H28N2/c1-4-14(2)20-13-15-5-7-16(8-6-15)17-9-11-18(19-3)12-10-17/h4-8,14,17-20H,1,9-13H2,2-3H3. The number of benzene rings is 1. The average Bonchev–Trinajstić information content (AvgIpc) is 2.53. The van der Waals surface area contributed by atoms with Gasteiger partial charge in [-0.05, 0) is 56.7 Å². The van der Waals surface area contributed by atoms with Crippen LogP contribution in [0.4, 0.5) is 0 Å². The van der Waals surface area contributed by atoms with Crippen molar-refractivity contribution in [1.29, 1.82) is 0 Å². The zero-order valence-corrected chi connectivity index (χ0v) is 12.9. The molecule has 0 bridgehead atoms. The second kappa shape index (κ2) is 7.61. The molecule has 1 aliphatic carbocycles. The lowest BCUT2D eigenvalue weighted by molar-refractivity contribution is 0.358. The maximum atomic E-state index is 3.79. The summed E-state index contributed by atoms with van der Waals surface area (Å²) in [6.07, 6.45) is 7.18. The van der Waals surface area contributed by atoms with Gasteiger partial charge >= 0.3 is 0 Å². The topological polar surface area (TPSA) is 24.1 Å². The minimum absolute atomic E-state index is 0.367. The van der Waals surface area contributed by atoms with Crippen LogP contribution in [0.2, 0.25) is 0 Å². The van der Waals surface area contributed by atoms with Crippen LogP contribution in [-0.4, -0.2) is 19.1 Å². The fourth-order valence-electron chi connectivity index (χ4n) is 2.99. The Balaban J connectivity index is 1.87. The Morgan fingerprint density at radius 1 is 1.20 bits per heavy atom. The van der Waals surface area contributed by atoms with Gasteiger partial charge in [0.2, 0.25) is 0 Å². The summed E-state index contributed by atoms with van der Waals surface area (Å²) < 4.78 is 0. The van der Waals surface area contributed by atoms with E-state index in [2.05, 4.69) is 55.4 Å². The molecule has 0 aromatic heterocycles. The first kappa shape index (κ1) is 15.3. The van der Waals surface area contributed by atoms with Crippen LogP contribution < -0.4 is 10.6 Å². The molecule has 1 fully saturated rings. The first-order chi connectivity index (χ1) is 9.72. The molecule has 2 heteroatoms. The molecule has 1 aromatic carbocycles. The van der Waals surface area contributed by atoms with E-state index in [1.54, 1.807) is 0 Å². The minimum atomic E-state index is 0.367. The maximum Gasteiger partial charge on any atom is 0.0222 e. The Hall–Kier alpha value is -1.12. The molecular weight excluding hydrogens is 244 g/mol. The second-order valence-electron chi connectivity index (χ2n) is 5.98. The van der Waals surface area contributed by atoms with Crippen LogP contribution in [0, 0.1) is 0 Å². The van der Waals surface area contributed by atoms with Crippen LogP contribution in [0.3, 0.4) is 0 Å². The molecular formula is C18H28N2. The highest BCUT2D eigenvalue weighted by Crippen LogP contribution is 2.32. The van der Waals surface area contributed by atoms with Crippen LogP contribution >= 0.6 is 0 Å². The van der Waals surface area contributed by atoms with Crippen molar-refractivity contribution in [1.82, 2.24) is 10.6 Å². The van der Waals surface area contributed by atoms with E-state index in [1.807, 2.05) is 6.08 Å². The van der Waals surface area contributed by atoms with Gasteiger partial charge in [0, 0.05) is 18.6 Å².